The Labute approximate surface area is 96.7 Å². The van der Waals surface area contributed by atoms with Gasteiger partial charge < -0.3 is 15.3 Å². The number of rotatable bonds is 1. The number of phenolic OH excluding ortho intramolecular Hbond substituents is 1. The maximum absolute atomic E-state index is 9.36. The number of benzene rings is 1. The molecule has 3 N–H and O–H groups in total. The predicted octanol–water partition coefficient (Wildman–Crippen LogP) is 1.58. The molecule has 0 atom stereocenters. The molecular formula is C7H6I2O3. The highest BCUT2D eigenvalue weighted by Gasteiger charge is 2.12. The third-order valence-corrected chi connectivity index (χ3v) is 2.78. The molecule has 3 nitrogen and oxygen atoms in total. The van der Waals surface area contributed by atoms with Gasteiger partial charge in [-0.15, -0.1) is 0 Å². The van der Waals surface area contributed by atoms with Crippen LogP contribution in [0.4, 0.5) is 0 Å². The normalized spacial score (nSPS) is 10.8. The fourth-order valence-corrected chi connectivity index (χ4v) is 2.67. The Bertz CT molecular complexity index is 299. The van der Waals surface area contributed by atoms with Gasteiger partial charge in [0.05, 0.1) is 9.13 Å². The van der Waals surface area contributed by atoms with E-state index < -0.39 is 6.29 Å². The molecule has 0 aliphatic carbocycles. The fourth-order valence-electron chi connectivity index (χ4n) is 0.783. The van der Waals surface area contributed by atoms with Crippen LogP contribution in [-0.4, -0.2) is 15.3 Å². The van der Waals surface area contributed by atoms with Crippen LogP contribution in [0.25, 0.3) is 0 Å². The summed E-state index contributed by atoms with van der Waals surface area (Å²) in [6.45, 7) is 0. The van der Waals surface area contributed by atoms with Gasteiger partial charge in [-0.2, -0.15) is 0 Å². The van der Waals surface area contributed by atoms with Crippen LogP contribution < -0.4 is 0 Å². The second-order valence-corrected chi connectivity index (χ2v) is 4.61. The first-order valence-electron chi connectivity index (χ1n) is 3.06. The summed E-state index contributed by atoms with van der Waals surface area (Å²) in [6.07, 6.45) is -1.62. The zero-order valence-electron chi connectivity index (χ0n) is 5.83. The molecule has 0 aromatic heterocycles. The molecule has 0 fully saturated rings. The molecule has 0 saturated carbocycles. The van der Waals surface area contributed by atoms with Crippen molar-refractivity contribution in [3.05, 3.63) is 24.8 Å². The topological polar surface area (TPSA) is 60.7 Å². The summed E-state index contributed by atoms with van der Waals surface area (Å²) in [7, 11) is 0. The third kappa shape index (κ3) is 2.21. The summed E-state index contributed by atoms with van der Waals surface area (Å²) in [5, 5.41) is 27.0. The lowest BCUT2D eigenvalue weighted by Crippen LogP contribution is -1.97. The van der Waals surface area contributed by atoms with Crippen molar-refractivity contribution in [2.45, 2.75) is 6.29 Å². The van der Waals surface area contributed by atoms with E-state index in [0.29, 0.717) is 3.57 Å². The van der Waals surface area contributed by atoms with E-state index in [9.17, 15) is 5.11 Å². The maximum Gasteiger partial charge on any atom is 0.182 e. The molecule has 0 spiro atoms. The number of hydrogen-bond acceptors (Lipinski definition) is 3. The number of aromatic hydroxyl groups is 1. The molecule has 0 heterocycles. The highest BCUT2D eigenvalue weighted by molar-refractivity contribution is 14.1. The molecule has 0 aliphatic heterocycles. The van der Waals surface area contributed by atoms with E-state index in [1.54, 1.807) is 6.07 Å². The first-order chi connectivity index (χ1) is 5.52. The highest BCUT2D eigenvalue weighted by Crippen LogP contribution is 2.30. The minimum absolute atomic E-state index is 0.0639. The molecule has 66 valence electrons. The van der Waals surface area contributed by atoms with Gasteiger partial charge in [-0.3, -0.25) is 0 Å². The second-order valence-electron chi connectivity index (χ2n) is 2.20. The monoisotopic (exact) mass is 392 g/mol. The SMILES string of the molecule is Oc1c(I)cc(I)cc1C(O)O. The lowest BCUT2D eigenvalue weighted by atomic mass is 10.2. The van der Waals surface area contributed by atoms with Crippen LogP contribution in [0.2, 0.25) is 0 Å². The van der Waals surface area contributed by atoms with Crippen molar-refractivity contribution < 1.29 is 15.3 Å². The van der Waals surface area contributed by atoms with Crippen molar-refractivity contribution in [2.75, 3.05) is 0 Å². The van der Waals surface area contributed by atoms with E-state index in [-0.39, 0.29) is 11.3 Å². The van der Waals surface area contributed by atoms with Gasteiger partial charge in [0.1, 0.15) is 5.75 Å². The van der Waals surface area contributed by atoms with Crippen molar-refractivity contribution in [2.24, 2.45) is 0 Å². The molecule has 5 heteroatoms. The Morgan fingerprint density at radius 3 is 2.25 bits per heavy atom. The Kier molecular flexibility index (Phi) is 3.56. The Hall–Kier alpha value is 0.400. The smallest absolute Gasteiger partial charge is 0.182 e. The van der Waals surface area contributed by atoms with Gasteiger partial charge in [0.25, 0.3) is 0 Å². The first-order valence-corrected chi connectivity index (χ1v) is 5.22. The average Bonchev–Trinajstić information content (AvgIpc) is 1.96. The Morgan fingerprint density at radius 1 is 1.17 bits per heavy atom. The second kappa shape index (κ2) is 4.07. The Balaban J connectivity index is 3.28. The van der Waals surface area contributed by atoms with Crippen LogP contribution in [-0.2, 0) is 0 Å². The average molecular weight is 392 g/mol. The molecule has 0 saturated heterocycles. The largest absolute Gasteiger partial charge is 0.506 e. The molecule has 0 amide bonds. The fraction of sp³-hybridized carbons (Fsp3) is 0.143. The predicted molar refractivity (Wildman–Crippen MR) is 60.7 cm³/mol. The molecule has 1 aromatic rings. The molecule has 1 aromatic carbocycles. The maximum atomic E-state index is 9.36. The minimum atomic E-state index is -1.62. The van der Waals surface area contributed by atoms with Gasteiger partial charge >= 0.3 is 0 Å². The highest BCUT2D eigenvalue weighted by atomic mass is 127. The number of aliphatic hydroxyl groups excluding tert-OH is 1. The summed E-state index contributed by atoms with van der Waals surface area (Å²) in [5.74, 6) is -0.0639. The number of hydrogen-bond donors (Lipinski definition) is 3. The van der Waals surface area contributed by atoms with Crippen LogP contribution in [0.1, 0.15) is 11.9 Å². The van der Waals surface area contributed by atoms with Gasteiger partial charge in [-0.05, 0) is 57.3 Å². The van der Waals surface area contributed by atoms with Crippen LogP contribution in [0.15, 0.2) is 12.1 Å². The molecule has 12 heavy (non-hydrogen) atoms. The minimum Gasteiger partial charge on any atom is -0.506 e. The van der Waals surface area contributed by atoms with E-state index in [2.05, 4.69) is 0 Å². The zero-order chi connectivity index (χ0) is 9.30. The van der Waals surface area contributed by atoms with E-state index in [1.165, 1.54) is 6.07 Å². The van der Waals surface area contributed by atoms with Crippen LogP contribution in [0, 0.1) is 7.14 Å². The molecule has 0 aliphatic rings. The number of aliphatic hydroxyl groups is 2. The van der Waals surface area contributed by atoms with Gasteiger partial charge in [-0.1, -0.05) is 0 Å². The summed E-state index contributed by atoms with van der Waals surface area (Å²) < 4.78 is 1.47. The van der Waals surface area contributed by atoms with Crippen LogP contribution in [0.5, 0.6) is 5.75 Å². The zero-order valence-corrected chi connectivity index (χ0v) is 10.1. The number of phenols is 1. The van der Waals surface area contributed by atoms with Crippen LogP contribution in [0.3, 0.4) is 0 Å². The number of halogens is 2. The molecule has 0 unspecified atom stereocenters. The standard InChI is InChI=1S/C7H6I2O3/c8-3-1-4(7(11)12)6(10)5(9)2-3/h1-2,7,10-12H. The van der Waals surface area contributed by atoms with Crippen molar-refractivity contribution >= 4 is 45.2 Å². The summed E-state index contributed by atoms with van der Waals surface area (Å²) >= 11 is 3.97. The van der Waals surface area contributed by atoms with Gasteiger partial charge in [0, 0.05) is 3.57 Å². The van der Waals surface area contributed by atoms with Gasteiger partial charge in [0.2, 0.25) is 0 Å². The van der Waals surface area contributed by atoms with E-state index in [1.807, 2.05) is 45.2 Å². The van der Waals surface area contributed by atoms with E-state index in [0.717, 1.165) is 3.57 Å². The Morgan fingerprint density at radius 2 is 1.75 bits per heavy atom. The third-order valence-electron chi connectivity index (χ3n) is 1.34. The quantitative estimate of drug-likeness (QED) is 0.503. The molecule has 0 bridgehead atoms. The summed E-state index contributed by atoms with van der Waals surface area (Å²) in [5.41, 5.74) is 0.145. The molecular weight excluding hydrogens is 386 g/mol. The van der Waals surface area contributed by atoms with Crippen molar-refractivity contribution in [3.8, 4) is 5.75 Å². The first kappa shape index (κ1) is 10.5. The summed E-state index contributed by atoms with van der Waals surface area (Å²) in [6, 6.07) is 3.28. The lowest BCUT2D eigenvalue weighted by Gasteiger charge is -2.08. The van der Waals surface area contributed by atoms with E-state index in [4.69, 9.17) is 10.2 Å². The van der Waals surface area contributed by atoms with Crippen molar-refractivity contribution in [3.63, 3.8) is 0 Å². The van der Waals surface area contributed by atoms with Gasteiger partial charge in [-0.25, -0.2) is 0 Å². The van der Waals surface area contributed by atoms with Crippen LogP contribution >= 0.6 is 45.2 Å². The lowest BCUT2D eigenvalue weighted by molar-refractivity contribution is -0.0439. The molecule has 1 rings (SSSR count). The summed E-state index contributed by atoms with van der Waals surface area (Å²) in [4.78, 5) is 0. The van der Waals surface area contributed by atoms with Crippen molar-refractivity contribution in [1.29, 1.82) is 0 Å². The molecule has 0 radical (unpaired) electrons. The van der Waals surface area contributed by atoms with Gasteiger partial charge in [0.15, 0.2) is 6.29 Å². The van der Waals surface area contributed by atoms with Crippen molar-refractivity contribution in [1.82, 2.24) is 0 Å². The van der Waals surface area contributed by atoms with E-state index >= 15 is 0 Å².